The summed E-state index contributed by atoms with van der Waals surface area (Å²) in [5.41, 5.74) is 0.732. The van der Waals surface area contributed by atoms with Crippen LogP contribution >= 0.6 is 0 Å². The van der Waals surface area contributed by atoms with Crippen LogP contribution in [0.25, 0.3) is 0 Å². The van der Waals surface area contributed by atoms with Gasteiger partial charge in [-0.1, -0.05) is 18.2 Å². The molecule has 2 heterocycles. The summed E-state index contributed by atoms with van der Waals surface area (Å²) in [4.78, 5) is 13.8. The van der Waals surface area contributed by atoms with Crippen LogP contribution in [0.15, 0.2) is 30.3 Å². The van der Waals surface area contributed by atoms with E-state index in [1.165, 1.54) is 6.26 Å². The van der Waals surface area contributed by atoms with Crippen molar-refractivity contribution in [1.29, 1.82) is 0 Å². The predicted octanol–water partition coefficient (Wildman–Crippen LogP) is 1.34. The fourth-order valence-electron chi connectivity index (χ4n) is 3.29. The number of rotatable bonds is 4. The molecule has 2 saturated heterocycles. The molecule has 2 aliphatic rings. The minimum Gasteiger partial charge on any atom is -0.381 e. The number of nitrogens with one attached hydrogen (secondary N) is 1. The fraction of sp³-hybridized carbons (Fsp3) is 0.562. The maximum absolute atomic E-state index is 12.2. The number of ether oxygens (including phenoxy) is 1. The number of carbonyl (C=O) groups is 1. The Morgan fingerprint density at radius 1 is 1.17 bits per heavy atom. The largest absolute Gasteiger partial charge is 0.381 e. The second kappa shape index (κ2) is 7.08. The van der Waals surface area contributed by atoms with Crippen molar-refractivity contribution in [2.24, 2.45) is 0 Å². The second-order valence-electron chi connectivity index (χ2n) is 6.29. The number of likely N-dealkylation sites (tertiary alicyclic amines) is 1. The van der Waals surface area contributed by atoms with Crippen molar-refractivity contribution < 1.29 is 17.9 Å². The third-order valence-corrected chi connectivity index (χ3v) is 5.83. The monoisotopic (exact) mass is 353 g/mol. The van der Waals surface area contributed by atoms with E-state index in [0.717, 1.165) is 5.69 Å². The van der Waals surface area contributed by atoms with Crippen LogP contribution in [0.5, 0.6) is 0 Å². The Kier molecular flexibility index (Phi) is 5.07. The van der Waals surface area contributed by atoms with Crippen molar-refractivity contribution in [2.75, 3.05) is 37.9 Å². The molecule has 0 saturated carbocycles. The summed E-state index contributed by atoms with van der Waals surface area (Å²) in [6.45, 7) is 2.01. The van der Waals surface area contributed by atoms with Crippen LogP contribution in [0.2, 0.25) is 0 Å². The lowest BCUT2D eigenvalue weighted by atomic mass is 10.0. The van der Waals surface area contributed by atoms with Crippen LogP contribution < -0.4 is 5.32 Å². The average Bonchev–Trinajstić information content (AvgIpc) is 2.50. The highest BCUT2D eigenvalue weighted by atomic mass is 32.2. The zero-order valence-corrected chi connectivity index (χ0v) is 14.5. The van der Waals surface area contributed by atoms with E-state index in [4.69, 9.17) is 4.74 Å². The van der Waals surface area contributed by atoms with Gasteiger partial charge in [-0.15, -0.1) is 0 Å². The second-order valence-corrected chi connectivity index (χ2v) is 8.18. The molecule has 0 bridgehead atoms. The first-order valence-electron chi connectivity index (χ1n) is 8.12. The highest BCUT2D eigenvalue weighted by Crippen LogP contribution is 2.26. The fourth-order valence-corrected chi connectivity index (χ4v) is 4.71. The summed E-state index contributed by atoms with van der Waals surface area (Å²) in [5.74, 6) is 0. The van der Waals surface area contributed by atoms with Gasteiger partial charge in [0, 0.05) is 38.0 Å². The number of amides is 2. The summed E-state index contributed by atoms with van der Waals surface area (Å²) >= 11 is 0. The lowest BCUT2D eigenvalue weighted by molar-refractivity contribution is 0.0246. The lowest BCUT2D eigenvalue weighted by Crippen LogP contribution is -2.65. The van der Waals surface area contributed by atoms with Gasteiger partial charge in [0.05, 0.1) is 12.3 Å². The van der Waals surface area contributed by atoms with Crippen molar-refractivity contribution >= 4 is 21.7 Å². The van der Waals surface area contributed by atoms with E-state index in [-0.39, 0.29) is 18.1 Å². The van der Waals surface area contributed by atoms with Gasteiger partial charge in [0.15, 0.2) is 0 Å². The molecule has 8 heteroatoms. The molecular weight excluding hydrogens is 330 g/mol. The minimum atomic E-state index is -3.31. The van der Waals surface area contributed by atoms with Crippen molar-refractivity contribution in [1.82, 2.24) is 9.21 Å². The molecule has 2 aliphatic heterocycles. The van der Waals surface area contributed by atoms with Crippen LogP contribution in [0, 0.1) is 0 Å². The first kappa shape index (κ1) is 17.2. The Labute approximate surface area is 142 Å². The molecule has 24 heavy (non-hydrogen) atoms. The number of carbonyl (C=O) groups excluding carboxylic acids is 1. The first-order valence-corrected chi connectivity index (χ1v) is 9.97. The Balaban J connectivity index is 1.59. The summed E-state index contributed by atoms with van der Waals surface area (Å²) in [7, 11) is -3.31. The smallest absolute Gasteiger partial charge is 0.321 e. The van der Waals surface area contributed by atoms with Crippen LogP contribution in [-0.2, 0) is 14.8 Å². The van der Waals surface area contributed by atoms with Gasteiger partial charge >= 0.3 is 6.03 Å². The van der Waals surface area contributed by atoms with Gasteiger partial charge in [-0.2, -0.15) is 4.31 Å². The number of hydrogen-bond donors (Lipinski definition) is 1. The molecule has 0 aromatic heterocycles. The molecule has 7 nitrogen and oxygen atoms in total. The van der Waals surface area contributed by atoms with E-state index in [9.17, 15) is 13.2 Å². The van der Waals surface area contributed by atoms with Gasteiger partial charge < -0.3 is 15.0 Å². The Morgan fingerprint density at radius 2 is 1.79 bits per heavy atom. The summed E-state index contributed by atoms with van der Waals surface area (Å²) in [6.07, 6.45) is 2.66. The van der Waals surface area contributed by atoms with E-state index >= 15 is 0 Å². The molecule has 0 atom stereocenters. The number of urea groups is 1. The molecule has 132 valence electrons. The van der Waals surface area contributed by atoms with E-state index < -0.39 is 10.0 Å². The maximum atomic E-state index is 12.2. The normalized spacial score (nSPS) is 20.0. The lowest BCUT2D eigenvalue weighted by Gasteiger charge is -2.47. The molecule has 0 radical (unpaired) electrons. The molecule has 1 aromatic carbocycles. The Morgan fingerprint density at radius 3 is 2.38 bits per heavy atom. The van der Waals surface area contributed by atoms with Crippen molar-refractivity contribution in [2.45, 2.75) is 24.9 Å². The third-order valence-electron chi connectivity index (χ3n) is 4.47. The highest BCUT2D eigenvalue weighted by Gasteiger charge is 2.42. The quantitative estimate of drug-likeness (QED) is 0.886. The molecule has 1 N–H and O–H groups in total. The zero-order chi connectivity index (χ0) is 17.2. The number of hydrogen-bond acceptors (Lipinski definition) is 4. The summed E-state index contributed by atoms with van der Waals surface area (Å²) in [5, 5.41) is 2.82. The van der Waals surface area contributed by atoms with Crippen LogP contribution in [0.3, 0.4) is 0 Å². The summed E-state index contributed by atoms with van der Waals surface area (Å²) in [6, 6.07) is 8.85. The van der Waals surface area contributed by atoms with E-state index in [2.05, 4.69) is 5.32 Å². The van der Waals surface area contributed by atoms with Gasteiger partial charge in [-0.05, 0) is 25.0 Å². The third kappa shape index (κ3) is 3.88. The van der Waals surface area contributed by atoms with Gasteiger partial charge in [0.25, 0.3) is 0 Å². The highest BCUT2D eigenvalue weighted by molar-refractivity contribution is 7.88. The number of nitrogens with zero attached hydrogens (tertiary/aromatic N) is 2. The van der Waals surface area contributed by atoms with Crippen LogP contribution in [-0.4, -0.2) is 68.3 Å². The standard InChI is InChI=1S/C16H23N3O4S/c1-24(21,22)19(14-7-9-23-10-8-14)15-11-18(12-15)16(20)17-13-5-3-2-4-6-13/h2-6,14-15H,7-12H2,1H3,(H,17,20). The van der Waals surface area contributed by atoms with Gasteiger partial charge in [0.1, 0.15) is 0 Å². The molecular formula is C16H23N3O4S. The van der Waals surface area contributed by atoms with E-state index in [0.29, 0.717) is 39.1 Å². The van der Waals surface area contributed by atoms with Gasteiger partial charge in [-0.25, -0.2) is 13.2 Å². The Bertz CT molecular complexity index is 668. The molecule has 2 fully saturated rings. The first-order chi connectivity index (χ1) is 11.4. The minimum absolute atomic E-state index is 0.0296. The Hall–Kier alpha value is -1.64. The van der Waals surface area contributed by atoms with E-state index in [1.807, 2.05) is 30.3 Å². The number of sulfonamides is 1. The molecule has 0 aliphatic carbocycles. The predicted molar refractivity (Wildman–Crippen MR) is 91.3 cm³/mol. The molecule has 2 amide bonds. The van der Waals surface area contributed by atoms with E-state index in [1.54, 1.807) is 9.21 Å². The molecule has 0 unspecified atom stereocenters. The number of para-hydroxylation sites is 1. The molecule has 1 aromatic rings. The average molecular weight is 353 g/mol. The van der Waals surface area contributed by atoms with Crippen molar-refractivity contribution in [3.05, 3.63) is 30.3 Å². The summed E-state index contributed by atoms with van der Waals surface area (Å²) < 4.78 is 31.3. The molecule has 0 spiro atoms. The van der Waals surface area contributed by atoms with Crippen LogP contribution in [0.1, 0.15) is 12.8 Å². The topological polar surface area (TPSA) is 79.0 Å². The van der Waals surface area contributed by atoms with Crippen molar-refractivity contribution in [3.63, 3.8) is 0 Å². The number of benzene rings is 1. The zero-order valence-electron chi connectivity index (χ0n) is 13.7. The van der Waals surface area contributed by atoms with Crippen molar-refractivity contribution in [3.8, 4) is 0 Å². The van der Waals surface area contributed by atoms with Gasteiger partial charge in [-0.3, -0.25) is 0 Å². The molecule has 3 rings (SSSR count). The SMILES string of the molecule is CS(=O)(=O)N(C1CCOCC1)C1CN(C(=O)Nc2ccccc2)C1. The maximum Gasteiger partial charge on any atom is 0.321 e. The van der Waals surface area contributed by atoms with Gasteiger partial charge in [0.2, 0.25) is 10.0 Å². The number of anilines is 1. The van der Waals surface area contributed by atoms with Crippen LogP contribution in [0.4, 0.5) is 10.5 Å².